The zero-order valence-corrected chi connectivity index (χ0v) is 19.9. The van der Waals surface area contributed by atoms with E-state index >= 15 is 0 Å². The number of aromatic nitrogens is 1. The first kappa shape index (κ1) is 24.0. The number of pyridine rings is 1. The molecule has 2 aromatic rings. The van der Waals surface area contributed by atoms with Gasteiger partial charge < -0.3 is 15.4 Å². The topological polar surface area (TPSA) is 68.4 Å². The van der Waals surface area contributed by atoms with Crippen LogP contribution < -0.4 is 10.6 Å². The Labute approximate surface area is 192 Å². The fourth-order valence-electron chi connectivity index (χ4n) is 4.33. The molecule has 3 rings (SSSR count). The van der Waals surface area contributed by atoms with Gasteiger partial charge in [0.2, 0.25) is 0 Å². The van der Waals surface area contributed by atoms with Gasteiger partial charge >= 0.3 is 0 Å². The molecule has 2 heterocycles. The third-order valence-electron chi connectivity index (χ3n) is 6.29. The van der Waals surface area contributed by atoms with E-state index in [2.05, 4.69) is 60.1 Å². The van der Waals surface area contributed by atoms with Crippen LogP contribution in [0.25, 0.3) is 11.3 Å². The molecule has 0 saturated carbocycles. The van der Waals surface area contributed by atoms with Crippen molar-refractivity contribution >= 4 is 17.3 Å². The van der Waals surface area contributed by atoms with Gasteiger partial charge in [-0.1, -0.05) is 51.5 Å². The van der Waals surface area contributed by atoms with Gasteiger partial charge in [0.25, 0.3) is 0 Å². The highest BCUT2D eigenvalue weighted by Crippen LogP contribution is 2.33. The molecular weight excluding hydrogens is 398 g/mol. The monoisotopic (exact) mass is 435 g/mol. The number of morpholine rings is 1. The van der Waals surface area contributed by atoms with E-state index in [1.54, 1.807) is 0 Å². The number of rotatable bonds is 9. The lowest BCUT2D eigenvalue weighted by Gasteiger charge is -2.29. The van der Waals surface area contributed by atoms with Crippen LogP contribution in [0.15, 0.2) is 42.5 Å². The number of carbonyl (C=O) groups excluding carboxylic acids is 1. The first-order valence-electron chi connectivity index (χ1n) is 11.8. The van der Waals surface area contributed by atoms with Crippen molar-refractivity contribution in [2.75, 3.05) is 36.9 Å². The molecule has 2 atom stereocenters. The van der Waals surface area contributed by atoms with Gasteiger partial charge in [0.1, 0.15) is 5.82 Å². The summed E-state index contributed by atoms with van der Waals surface area (Å²) in [6.07, 6.45) is 6.87. The van der Waals surface area contributed by atoms with Gasteiger partial charge in [-0.05, 0) is 49.4 Å². The maximum absolute atomic E-state index is 13.3. The zero-order chi connectivity index (χ0) is 23.1. The Hall–Kier alpha value is -2.66. The standard InChI is InChI=1S/C27H37N3O2/c1-5-7-9-19(3)23-18-24(29-27(28)25(23)26(31)20(4)8-6-2)21-10-12-22(13-11-21)30-14-16-32-17-15-30/h5,7,10-13,18-20H,6,8-9,14-17H2,1-4H3,(H2,28,29)/b7-5+. The number of hydrogen-bond acceptors (Lipinski definition) is 5. The third-order valence-corrected chi connectivity index (χ3v) is 6.29. The number of hydrogen-bond donors (Lipinski definition) is 1. The van der Waals surface area contributed by atoms with Crippen LogP contribution >= 0.6 is 0 Å². The average Bonchev–Trinajstić information content (AvgIpc) is 2.82. The van der Waals surface area contributed by atoms with Crippen LogP contribution in [0.5, 0.6) is 0 Å². The fourth-order valence-corrected chi connectivity index (χ4v) is 4.33. The largest absolute Gasteiger partial charge is 0.383 e. The Morgan fingerprint density at radius 3 is 2.53 bits per heavy atom. The zero-order valence-electron chi connectivity index (χ0n) is 19.9. The minimum absolute atomic E-state index is 0.0598. The van der Waals surface area contributed by atoms with Crippen LogP contribution in [0, 0.1) is 5.92 Å². The summed E-state index contributed by atoms with van der Waals surface area (Å²) in [6, 6.07) is 10.5. The van der Waals surface area contributed by atoms with Gasteiger partial charge in [0.05, 0.1) is 24.5 Å². The highest BCUT2D eigenvalue weighted by molar-refractivity contribution is 6.03. The van der Waals surface area contributed by atoms with Crippen LogP contribution in [0.3, 0.4) is 0 Å². The highest BCUT2D eigenvalue weighted by Gasteiger charge is 2.25. The quantitative estimate of drug-likeness (QED) is 0.395. The normalized spacial score (nSPS) is 16.3. The van der Waals surface area contributed by atoms with E-state index in [0.717, 1.165) is 62.4 Å². The lowest BCUT2D eigenvalue weighted by molar-refractivity contribution is 0.0923. The molecule has 1 saturated heterocycles. The molecule has 0 amide bonds. The SMILES string of the molecule is C/C=C/CC(C)c1cc(-c2ccc(N3CCOCC3)cc2)nc(N)c1C(=O)C(C)CCC. The molecular formula is C27H37N3O2. The first-order valence-corrected chi connectivity index (χ1v) is 11.8. The second kappa shape index (κ2) is 11.3. The minimum Gasteiger partial charge on any atom is -0.383 e. The van der Waals surface area contributed by atoms with Crippen molar-refractivity contribution < 1.29 is 9.53 Å². The summed E-state index contributed by atoms with van der Waals surface area (Å²) in [5.74, 6) is 0.564. The number of ether oxygens (including phenoxy) is 1. The summed E-state index contributed by atoms with van der Waals surface area (Å²) in [6.45, 7) is 11.6. The summed E-state index contributed by atoms with van der Waals surface area (Å²) in [5, 5.41) is 0. The second-order valence-corrected chi connectivity index (χ2v) is 8.76. The highest BCUT2D eigenvalue weighted by atomic mass is 16.5. The Bertz CT molecular complexity index is 931. The number of allylic oxidation sites excluding steroid dienone is 2. The predicted octanol–water partition coefficient (Wildman–Crippen LogP) is 5.86. The molecule has 0 bridgehead atoms. The molecule has 1 aliphatic heterocycles. The van der Waals surface area contributed by atoms with E-state index < -0.39 is 0 Å². The van der Waals surface area contributed by atoms with E-state index in [1.807, 2.05) is 19.9 Å². The molecule has 5 nitrogen and oxygen atoms in total. The molecule has 0 aliphatic carbocycles. The first-order chi connectivity index (χ1) is 15.5. The maximum Gasteiger partial charge on any atom is 0.169 e. The Balaban J connectivity index is 1.98. The van der Waals surface area contributed by atoms with Gasteiger partial charge in [-0.3, -0.25) is 4.79 Å². The average molecular weight is 436 g/mol. The molecule has 32 heavy (non-hydrogen) atoms. The molecule has 1 aliphatic rings. The van der Waals surface area contributed by atoms with Crippen molar-refractivity contribution in [2.24, 2.45) is 5.92 Å². The number of carbonyl (C=O) groups is 1. The van der Waals surface area contributed by atoms with Gasteiger partial charge in [-0.2, -0.15) is 0 Å². The summed E-state index contributed by atoms with van der Waals surface area (Å²) >= 11 is 0. The third kappa shape index (κ3) is 5.57. The van der Waals surface area contributed by atoms with E-state index in [0.29, 0.717) is 11.4 Å². The second-order valence-electron chi connectivity index (χ2n) is 8.76. The minimum atomic E-state index is -0.0598. The van der Waals surface area contributed by atoms with Gasteiger partial charge in [0, 0.05) is 30.3 Å². The van der Waals surface area contributed by atoms with Crippen LogP contribution in [-0.4, -0.2) is 37.1 Å². The number of benzene rings is 1. The molecule has 2 N–H and O–H groups in total. The lowest BCUT2D eigenvalue weighted by Crippen LogP contribution is -2.36. The van der Waals surface area contributed by atoms with E-state index in [1.165, 1.54) is 5.69 Å². The van der Waals surface area contributed by atoms with Crippen molar-refractivity contribution in [3.63, 3.8) is 0 Å². The smallest absolute Gasteiger partial charge is 0.169 e. The number of nitrogens with zero attached hydrogens (tertiary/aromatic N) is 2. The summed E-state index contributed by atoms with van der Waals surface area (Å²) < 4.78 is 5.46. The van der Waals surface area contributed by atoms with Crippen molar-refractivity contribution in [1.82, 2.24) is 4.98 Å². The summed E-state index contributed by atoms with van der Waals surface area (Å²) in [5.41, 5.74) is 11.1. The number of anilines is 2. The molecule has 1 aromatic carbocycles. The Morgan fingerprint density at radius 2 is 1.91 bits per heavy atom. The van der Waals surface area contributed by atoms with Gasteiger partial charge in [-0.25, -0.2) is 4.98 Å². The number of Topliss-reactive ketones (excluding diaryl/α,β-unsaturated/α-hetero) is 1. The number of nitrogens with two attached hydrogens (primary N) is 1. The van der Waals surface area contributed by atoms with E-state index in [4.69, 9.17) is 10.5 Å². The molecule has 1 aromatic heterocycles. The van der Waals surface area contributed by atoms with Crippen LogP contribution in [0.1, 0.15) is 68.8 Å². The van der Waals surface area contributed by atoms with Crippen molar-refractivity contribution in [3.05, 3.63) is 53.6 Å². The van der Waals surface area contributed by atoms with Crippen LogP contribution in [0.4, 0.5) is 11.5 Å². The number of ketones is 1. The summed E-state index contributed by atoms with van der Waals surface area (Å²) in [7, 11) is 0. The van der Waals surface area contributed by atoms with Crippen molar-refractivity contribution in [3.8, 4) is 11.3 Å². The Morgan fingerprint density at radius 1 is 1.22 bits per heavy atom. The van der Waals surface area contributed by atoms with Crippen LogP contribution in [-0.2, 0) is 4.74 Å². The van der Waals surface area contributed by atoms with Gasteiger partial charge in [-0.15, -0.1) is 0 Å². The van der Waals surface area contributed by atoms with Crippen LogP contribution in [0.2, 0.25) is 0 Å². The number of nitrogen functional groups attached to an aromatic ring is 1. The predicted molar refractivity (Wildman–Crippen MR) is 133 cm³/mol. The summed E-state index contributed by atoms with van der Waals surface area (Å²) in [4.78, 5) is 20.3. The Kier molecular flexibility index (Phi) is 8.46. The maximum atomic E-state index is 13.3. The lowest BCUT2D eigenvalue weighted by atomic mass is 9.86. The molecule has 172 valence electrons. The molecule has 5 heteroatoms. The molecule has 0 radical (unpaired) electrons. The molecule has 0 spiro atoms. The van der Waals surface area contributed by atoms with E-state index in [9.17, 15) is 4.79 Å². The molecule has 1 fully saturated rings. The van der Waals surface area contributed by atoms with Gasteiger partial charge in [0.15, 0.2) is 5.78 Å². The van der Waals surface area contributed by atoms with E-state index in [-0.39, 0.29) is 17.6 Å². The van der Waals surface area contributed by atoms with Crippen molar-refractivity contribution in [2.45, 2.75) is 52.9 Å². The van der Waals surface area contributed by atoms with Crippen molar-refractivity contribution in [1.29, 1.82) is 0 Å². The fraction of sp³-hybridized carbons (Fsp3) is 0.481. The molecule has 2 unspecified atom stereocenters.